The van der Waals surface area contributed by atoms with Gasteiger partial charge in [-0.15, -0.1) is 0 Å². The van der Waals surface area contributed by atoms with Gasteiger partial charge in [-0.25, -0.2) is 0 Å². The Bertz CT molecular complexity index is 114. The molecule has 88 valence electrons. The molecule has 0 aliphatic carbocycles. The lowest BCUT2D eigenvalue weighted by atomic mass is 10.1. The molecular weight excluding hydrogens is 174 g/mol. The molecule has 0 bridgehead atoms. The summed E-state index contributed by atoms with van der Waals surface area (Å²) in [6, 6.07) is 0. The molecule has 0 spiro atoms. The Morgan fingerprint density at radius 3 is 1.86 bits per heavy atom. The molecule has 0 aliphatic heterocycles. The van der Waals surface area contributed by atoms with E-state index in [1.54, 1.807) is 0 Å². The van der Waals surface area contributed by atoms with E-state index in [4.69, 9.17) is 4.74 Å². The second kappa shape index (κ2) is 6.41. The average Bonchev–Trinajstić information content (AvgIpc) is 1.81. The lowest BCUT2D eigenvalue weighted by molar-refractivity contribution is -0.00415. The maximum atomic E-state index is 5.60. The second-order valence-electron chi connectivity index (χ2n) is 5.49. The zero-order valence-corrected chi connectivity index (χ0v) is 10.0. The van der Waals surface area contributed by atoms with E-state index in [9.17, 15) is 0 Å². The molecule has 1 N–H and O–H groups in total. The van der Waals surface area contributed by atoms with Crippen LogP contribution in [0.4, 0.5) is 0 Å². The Kier molecular flexibility index (Phi) is 7.49. The van der Waals surface area contributed by atoms with Crippen molar-refractivity contribution in [2.75, 3.05) is 13.2 Å². The molecule has 0 atom stereocenters. The summed E-state index contributed by atoms with van der Waals surface area (Å²) < 4.78 is 5.60. The Hall–Kier alpha value is -0.0800. The Morgan fingerprint density at radius 2 is 1.50 bits per heavy atom. The highest BCUT2D eigenvalue weighted by atomic mass is 16.5. The van der Waals surface area contributed by atoms with Crippen molar-refractivity contribution in [1.29, 1.82) is 0 Å². The maximum Gasteiger partial charge on any atom is 0.0598 e. The van der Waals surface area contributed by atoms with E-state index in [0.717, 1.165) is 19.6 Å². The van der Waals surface area contributed by atoms with Crippen molar-refractivity contribution < 1.29 is 4.74 Å². The third-order valence-corrected chi connectivity index (χ3v) is 1.51. The van der Waals surface area contributed by atoms with Crippen LogP contribution in [0.5, 0.6) is 0 Å². The van der Waals surface area contributed by atoms with Gasteiger partial charge in [-0.1, -0.05) is 7.43 Å². The smallest absolute Gasteiger partial charge is 0.0598 e. The molecule has 14 heavy (non-hydrogen) atoms. The summed E-state index contributed by atoms with van der Waals surface area (Å²) in [6.45, 7) is 14.7. The van der Waals surface area contributed by atoms with Gasteiger partial charge in [-0.3, -0.25) is 0 Å². The van der Waals surface area contributed by atoms with E-state index in [0.29, 0.717) is 0 Å². The van der Waals surface area contributed by atoms with Gasteiger partial charge < -0.3 is 10.1 Å². The minimum atomic E-state index is 0. The number of nitrogens with one attached hydrogen (secondary N) is 1. The Morgan fingerprint density at radius 1 is 1.00 bits per heavy atom. The molecular formula is C12H29NO. The molecule has 0 fully saturated rings. The first-order valence-corrected chi connectivity index (χ1v) is 5.10. The standard InChI is InChI=1S/C11H25NO.CH4/c1-10(2,3)12-8-7-9-13-11(4,5)6;/h12H,7-9H2,1-6H3;1H4. The molecule has 0 aromatic heterocycles. The van der Waals surface area contributed by atoms with Crippen LogP contribution in [0.15, 0.2) is 0 Å². The lowest BCUT2D eigenvalue weighted by Gasteiger charge is -2.22. The van der Waals surface area contributed by atoms with E-state index < -0.39 is 0 Å². The minimum absolute atomic E-state index is 0. The van der Waals surface area contributed by atoms with Gasteiger partial charge in [-0.05, 0) is 54.5 Å². The first-order chi connectivity index (χ1) is 5.71. The van der Waals surface area contributed by atoms with E-state index >= 15 is 0 Å². The number of hydrogen-bond acceptors (Lipinski definition) is 2. The van der Waals surface area contributed by atoms with E-state index in [1.807, 2.05) is 0 Å². The predicted octanol–water partition coefficient (Wildman–Crippen LogP) is 3.22. The molecule has 0 unspecified atom stereocenters. The van der Waals surface area contributed by atoms with E-state index in [1.165, 1.54) is 0 Å². The monoisotopic (exact) mass is 203 g/mol. The van der Waals surface area contributed by atoms with Crippen molar-refractivity contribution >= 4 is 0 Å². The molecule has 0 rings (SSSR count). The van der Waals surface area contributed by atoms with Crippen LogP contribution in [0.1, 0.15) is 55.4 Å². The first-order valence-electron chi connectivity index (χ1n) is 5.10. The summed E-state index contributed by atoms with van der Waals surface area (Å²) in [7, 11) is 0. The minimum Gasteiger partial charge on any atom is -0.376 e. The SMILES string of the molecule is C.CC(C)(C)NCCCOC(C)(C)C. The summed E-state index contributed by atoms with van der Waals surface area (Å²) in [4.78, 5) is 0. The van der Waals surface area contributed by atoms with Gasteiger partial charge in [0.15, 0.2) is 0 Å². The second-order valence-corrected chi connectivity index (χ2v) is 5.49. The number of rotatable bonds is 4. The highest BCUT2D eigenvalue weighted by molar-refractivity contribution is 4.69. The van der Waals surface area contributed by atoms with Crippen LogP contribution < -0.4 is 5.32 Å². The number of hydrogen-bond donors (Lipinski definition) is 1. The average molecular weight is 203 g/mol. The molecule has 2 heteroatoms. The molecule has 0 heterocycles. The van der Waals surface area contributed by atoms with Gasteiger partial charge in [0.05, 0.1) is 5.60 Å². The van der Waals surface area contributed by atoms with Crippen molar-refractivity contribution in [3.8, 4) is 0 Å². The lowest BCUT2D eigenvalue weighted by Crippen LogP contribution is -2.37. The molecule has 2 nitrogen and oxygen atoms in total. The fraction of sp³-hybridized carbons (Fsp3) is 1.00. The van der Waals surface area contributed by atoms with Gasteiger partial charge in [0.2, 0.25) is 0 Å². The Balaban J connectivity index is 0. The van der Waals surface area contributed by atoms with Gasteiger partial charge in [-0.2, -0.15) is 0 Å². The molecule has 0 saturated heterocycles. The van der Waals surface area contributed by atoms with Gasteiger partial charge in [0, 0.05) is 12.1 Å². The van der Waals surface area contributed by atoms with Crippen LogP contribution in [0, 0.1) is 0 Å². The zero-order valence-electron chi connectivity index (χ0n) is 10.0. The van der Waals surface area contributed by atoms with Gasteiger partial charge in [0.25, 0.3) is 0 Å². The van der Waals surface area contributed by atoms with Crippen molar-refractivity contribution in [2.24, 2.45) is 0 Å². The molecule has 0 aliphatic rings. The topological polar surface area (TPSA) is 21.3 Å². The molecule has 0 aromatic carbocycles. The van der Waals surface area contributed by atoms with E-state index in [-0.39, 0.29) is 18.6 Å². The van der Waals surface area contributed by atoms with Gasteiger partial charge in [0.1, 0.15) is 0 Å². The first kappa shape index (κ1) is 16.4. The third-order valence-electron chi connectivity index (χ3n) is 1.51. The molecule has 0 radical (unpaired) electrons. The summed E-state index contributed by atoms with van der Waals surface area (Å²) >= 11 is 0. The van der Waals surface area contributed by atoms with Gasteiger partial charge >= 0.3 is 0 Å². The molecule has 0 amide bonds. The Labute approximate surface area is 90.4 Å². The molecule has 0 aromatic rings. The largest absolute Gasteiger partial charge is 0.376 e. The van der Waals surface area contributed by atoms with Crippen molar-refractivity contribution in [3.63, 3.8) is 0 Å². The van der Waals surface area contributed by atoms with Crippen molar-refractivity contribution in [1.82, 2.24) is 5.32 Å². The van der Waals surface area contributed by atoms with Crippen LogP contribution in [0.25, 0.3) is 0 Å². The fourth-order valence-electron chi connectivity index (χ4n) is 0.914. The highest BCUT2D eigenvalue weighted by Gasteiger charge is 2.10. The van der Waals surface area contributed by atoms with Crippen molar-refractivity contribution in [3.05, 3.63) is 0 Å². The summed E-state index contributed by atoms with van der Waals surface area (Å²) in [5, 5.41) is 3.43. The molecule has 0 saturated carbocycles. The summed E-state index contributed by atoms with van der Waals surface area (Å²) in [5.74, 6) is 0. The normalized spacial score (nSPS) is 12.4. The van der Waals surface area contributed by atoms with Crippen LogP contribution >= 0.6 is 0 Å². The highest BCUT2D eigenvalue weighted by Crippen LogP contribution is 2.06. The third kappa shape index (κ3) is 14.4. The van der Waals surface area contributed by atoms with Crippen molar-refractivity contribution in [2.45, 2.75) is 66.5 Å². The quantitative estimate of drug-likeness (QED) is 0.708. The predicted molar refractivity (Wildman–Crippen MR) is 64.8 cm³/mol. The van der Waals surface area contributed by atoms with Crippen LogP contribution in [0.2, 0.25) is 0 Å². The van der Waals surface area contributed by atoms with Crippen LogP contribution in [-0.4, -0.2) is 24.3 Å². The fourth-order valence-corrected chi connectivity index (χ4v) is 0.914. The summed E-state index contributed by atoms with van der Waals surface area (Å²) in [6.07, 6.45) is 1.08. The van der Waals surface area contributed by atoms with Crippen LogP contribution in [-0.2, 0) is 4.74 Å². The van der Waals surface area contributed by atoms with Crippen LogP contribution in [0.3, 0.4) is 0 Å². The number of ether oxygens (including phenoxy) is 1. The zero-order chi connectivity index (χ0) is 10.5. The summed E-state index contributed by atoms with van der Waals surface area (Å²) in [5.41, 5.74) is 0.226. The van der Waals surface area contributed by atoms with E-state index in [2.05, 4.69) is 46.9 Å². The maximum absolute atomic E-state index is 5.60.